The minimum absolute atomic E-state index is 0. The maximum atomic E-state index is 12.4. The summed E-state index contributed by atoms with van der Waals surface area (Å²) in [6, 6.07) is 7.43. The predicted molar refractivity (Wildman–Crippen MR) is 104 cm³/mol. The minimum Gasteiger partial charge on any atom is -0.399 e. The Hall–Kier alpha value is -1.75. The lowest BCUT2D eigenvalue weighted by Gasteiger charge is -2.33. The number of benzene rings is 1. The number of piperidine rings is 1. The molecule has 1 fully saturated rings. The number of hydrogen-bond donors (Lipinski definition) is 1. The van der Waals surface area contributed by atoms with E-state index < -0.39 is 0 Å². The van der Waals surface area contributed by atoms with E-state index in [1.54, 1.807) is 0 Å². The number of nitrogen functional groups attached to an aromatic ring is 1. The van der Waals surface area contributed by atoms with Crippen LogP contribution in [0.3, 0.4) is 0 Å². The molecule has 2 rings (SSSR count). The van der Waals surface area contributed by atoms with E-state index in [1.165, 1.54) is 0 Å². The number of nitrogens with zero attached hydrogens (tertiary/aromatic N) is 2. The van der Waals surface area contributed by atoms with Crippen LogP contribution in [0.15, 0.2) is 24.3 Å². The van der Waals surface area contributed by atoms with Crippen LogP contribution in [0.5, 0.6) is 0 Å². The third kappa shape index (κ3) is 6.24. The highest BCUT2D eigenvalue weighted by Crippen LogP contribution is 2.20. The molecule has 0 bridgehead atoms. The highest BCUT2D eigenvalue weighted by atomic mass is 35.5. The summed E-state index contributed by atoms with van der Waals surface area (Å²) in [5.74, 6) is 0.423. The first-order chi connectivity index (χ1) is 11.5. The van der Waals surface area contributed by atoms with Gasteiger partial charge < -0.3 is 15.5 Å². The molecule has 1 aliphatic heterocycles. The van der Waals surface area contributed by atoms with Gasteiger partial charge in [-0.1, -0.05) is 25.5 Å². The lowest BCUT2D eigenvalue weighted by Crippen LogP contribution is -2.44. The number of likely N-dealkylation sites (tertiary alicyclic amines) is 1. The van der Waals surface area contributed by atoms with Gasteiger partial charge >= 0.3 is 0 Å². The summed E-state index contributed by atoms with van der Waals surface area (Å²) in [4.78, 5) is 28.5. The van der Waals surface area contributed by atoms with E-state index in [1.807, 2.05) is 41.1 Å². The minimum atomic E-state index is 0. The SMILES string of the molecule is CCCCN(C)C(=O)C1CCN(C(=O)Cc2ccc(N)cc2)CC1.Cl. The summed E-state index contributed by atoms with van der Waals surface area (Å²) in [6.07, 6.45) is 4.07. The summed E-state index contributed by atoms with van der Waals surface area (Å²) in [5.41, 5.74) is 7.35. The molecule has 25 heavy (non-hydrogen) atoms. The van der Waals surface area contributed by atoms with Gasteiger partial charge in [0.15, 0.2) is 0 Å². The van der Waals surface area contributed by atoms with Gasteiger partial charge in [0.05, 0.1) is 6.42 Å². The zero-order valence-corrected chi connectivity index (χ0v) is 16.1. The van der Waals surface area contributed by atoms with E-state index in [0.29, 0.717) is 25.2 Å². The molecule has 1 saturated heterocycles. The van der Waals surface area contributed by atoms with Crippen LogP contribution < -0.4 is 5.73 Å². The Morgan fingerprint density at radius 1 is 1.20 bits per heavy atom. The van der Waals surface area contributed by atoms with Crippen molar-refractivity contribution in [2.45, 2.75) is 39.0 Å². The Labute approximate surface area is 157 Å². The molecule has 1 aromatic carbocycles. The van der Waals surface area contributed by atoms with E-state index in [2.05, 4.69) is 6.92 Å². The summed E-state index contributed by atoms with van der Waals surface area (Å²) in [6.45, 7) is 4.30. The Bertz CT molecular complexity index is 554. The van der Waals surface area contributed by atoms with Gasteiger partial charge in [-0.15, -0.1) is 12.4 Å². The van der Waals surface area contributed by atoms with Crippen LogP contribution in [0.25, 0.3) is 0 Å². The molecule has 6 heteroatoms. The molecule has 0 saturated carbocycles. The lowest BCUT2D eigenvalue weighted by atomic mass is 9.95. The molecular weight excluding hydrogens is 338 g/mol. The Kier molecular flexibility index (Phi) is 8.76. The zero-order valence-electron chi connectivity index (χ0n) is 15.2. The molecule has 140 valence electrons. The van der Waals surface area contributed by atoms with Crippen LogP contribution in [0.1, 0.15) is 38.2 Å². The van der Waals surface area contributed by atoms with Gasteiger partial charge in [0.1, 0.15) is 0 Å². The number of amides is 2. The molecule has 0 spiro atoms. The van der Waals surface area contributed by atoms with E-state index >= 15 is 0 Å². The quantitative estimate of drug-likeness (QED) is 0.786. The van der Waals surface area contributed by atoms with E-state index in [4.69, 9.17) is 5.73 Å². The van der Waals surface area contributed by atoms with Crippen molar-refractivity contribution in [3.8, 4) is 0 Å². The molecule has 0 atom stereocenters. The third-order valence-electron chi connectivity index (χ3n) is 4.76. The second-order valence-electron chi connectivity index (χ2n) is 6.69. The van der Waals surface area contributed by atoms with Gasteiger partial charge in [0, 0.05) is 38.3 Å². The molecule has 1 aliphatic rings. The van der Waals surface area contributed by atoms with Gasteiger partial charge in [-0.05, 0) is 37.0 Å². The fourth-order valence-electron chi connectivity index (χ4n) is 3.11. The Morgan fingerprint density at radius 3 is 2.36 bits per heavy atom. The number of unbranched alkanes of at least 4 members (excludes halogenated alkanes) is 1. The van der Waals surface area contributed by atoms with Crippen molar-refractivity contribution < 1.29 is 9.59 Å². The first-order valence-electron chi connectivity index (χ1n) is 8.88. The van der Waals surface area contributed by atoms with Crippen LogP contribution in [0.2, 0.25) is 0 Å². The standard InChI is InChI=1S/C19H29N3O2.ClH/c1-3-4-11-21(2)19(24)16-9-12-22(13-10-16)18(23)14-15-5-7-17(20)8-6-15;/h5-8,16H,3-4,9-14,20H2,1-2H3;1H. The van der Waals surface area contributed by atoms with Crippen LogP contribution >= 0.6 is 12.4 Å². The van der Waals surface area contributed by atoms with E-state index in [0.717, 1.165) is 37.8 Å². The van der Waals surface area contributed by atoms with Crippen molar-refractivity contribution in [1.29, 1.82) is 0 Å². The van der Waals surface area contributed by atoms with Gasteiger partial charge in [0.2, 0.25) is 11.8 Å². The van der Waals surface area contributed by atoms with Gasteiger partial charge in [-0.25, -0.2) is 0 Å². The molecule has 2 N–H and O–H groups in total. The summed E-state index contributed by atoms with van der Waals surface area (Å²) in [7, 11) is 1.89. The van der Waals surface area contributed by atoms with Crippen LogP contribution in [-0.4, -0.2) is 48.3 Å². The lowest BCUT2D eigenvalue weighted by molar-refractivity contribution is -0.139. The second-order valence-corrected chi connectivity index (χ2v) is 6.69. The monoisotopic (exact) mass is 367 g/mol. The maximum Gasteiger partial charge on any atom is 0.226 e. The first-order valence-corrected chi connectivity index (χ1v) is 8.88. The molecule has 2 amide bonds. The number of hydrogen-bond acceptors (Lipinski definition) is 3. The van der Waals surface area contributed by atoms with Crippen molar-refractivity contribution in [3.63, 3.8) is 0 Å². The van der Waals surface area contributed by atoms with Crippen molar-refractivity contribution >= 4 is 29.9 Å². The molecule has 0 unspecified atom stereocenters. The highest BCUT2D eigenvalue weighted by Gasteiger charge is 2.28. The molecular formula is C19H30ClN3O2. The number of rotatable bonds is 6. The Balaban J connectivity index is 0.00000312. The van der Waals surface area contributed by atoms with Gasteiger partial charge in [0.25, 0.3) is 0 Å². The van der Waals surface area contributed by atoms with E-state index in [9.17, 15) is 9.59 Å². The number of nitrogens with two attached hydrogens (primary N) is 1. The van der Waals surface area contributed by atoms with Crippen LogP contribution in [0, 0.1) is 5.92 Å². The van der Waals surface area contributed by atoms with Crippen molar-refractivity contribution in [2.75, 3.05) is 32.4 Å². The van der Waals surface area contributed by atoms with Crippen molar-refractivity contribution in [3.05, 3.63) is 29.8 Å². The predicted octanol–water partition coefficient (Wildman–Crippen LogP) is 2.73. The molecule has 0 aliphatic carbocycles. The first kappa shape index (κ1) is 21.3. The summed E-state index contributed by atoms with van der Waals surface area (Å²) in [5, 5.41) is 0. The number of carbonyl (C=O) groups excluding carboxylic acids is 2. The van der Waals surface area contributed by atoms with Gasteiger partial charge in [-0.3, -0.25) is 9.59 Å². The fraction of sp³-hybridized carbons (Fsp3) is 0.579. The number of anilines is 1. The third-order valence-corrected chi connectivity index (χ3v) is 4.76. The number of carbonyl (C=O) groups is 2. The Morgan fingerprint density at radius 2 is 1.80 bits per heavy atom. The largest absolute Gasteiger partial charge is 0.399 e. The van der Waals surface area contributed by atoms with E-state index in [-0.39, 0.29) is 30.1 Å². The molecule has 0 aromatic heterocycles. The van der Waals surface area contributed by atoms with Crippen molar-refractivity contribution in [1.82, 2.24) is 9.80 Å². The molecule has 5 nitrogen and oxygen atoms in total. The fourth-order valence-corrected chi connectivity index (χ4v) is 3.11. The second kappa shape index (κ2) is 10.3. The molecule has 1 heterocycles. The number of halogens is 1. The van der Waals surface area contributed by atoms with Crippen LogP contribution in [-0.2, 0) is 16.0 Å². The average Bonchev–Trinajstić information content (AvgIpc) is 2.61. The van der Waals surface area contributed by atoms with Gasteiger partial charge in [-0.2, -0.15) is 0 Å². The molecule has 1 aromatic rings. The van der Waals surface area contributed by atoms with Crippen LogP contribution in [0.4, 0.5) is 5.69 Å². The smallest absolute Gasteiger partial charge is 0.226 e. The highest BCUT2D eigenvalue weighted by molar-refractivity contribution is 5.85. The topological polar surface area (TPSA) is 66.6 Å². The zero-order chi connectivity index (χ0) is 17.5. The normalized spacial score (nSPS) is 14.7. The van der Waals surface area contributed by atoms with Crippen molar-refractivity contribution in [2.24, 2.45) is 5.92 Å². The maximum absolute atomic E-state index is 12.4. The summed E-state index contributed by atoms with van der Waals surface area (Å²) >= 11 is 0. The molecule has 0 radical (unpaired) electrons. The summed E-state index contributed by atoms with van der Waals surface area (Å²) < 4.78 is 0. The average molecular weight is 368 g/mol.